The monoisotopic (exact) mass is 310 g/mol. The Balaban J connectivity index is 2.42. The summed E-state index contributed by atoms with van der Waals surface area (Å²) in [6, 6.07) is 3.31. The van der Waals surface area contributed by atoms with Crippen LogP contribution in [0.25, 0.3) is 0 Å². The predicted molar refractivity (Wildman–Crippen MR) is 82.1 cm³/mol. The number of hydrogen-bond acceptors (Lipinski definition) is 8. The Labute approximate surface area is 126 Å². The summed E-state index contributed by atoms with van der Waals surface area (Å²) in [6.45, 7) is 0. The van der Waals surface area contributed by atoms with Crippen molar-refractivity contribution in [2.75, 3.05) is 30.7 Å². The number of hydrazine groups is 1. The van der Waals surface area contributed by atoms with Crippen LogP contribution in [0, 0.1) is 0 Å². The maximum atomic E-state index is 6.11. The molecule has 2 aromatic rings. The van der Waals surface area contributed by atoms with Gasteiger partial charge in [0, 0.05) is 6.07 Å². The molecule has 1 aromatic carbocycles. The minimum Gasteiger partial charge on any atom is -0.495 e. The number of anilines is 4. The summed E-state index contributed by atoms with van der Waals surface area (Å²) in [5.74, 6) is 7.03. The normalized spacial score (nSPS) is 10.1. The van der Waals surface area contributed by atoms with Gasteiger partial charge in [-0.1, -0.05) is 11.6 Å². The van der Waals surface area contributed by atoms with Crippen LogP contribution in [0.2, 0.25) is 5.02 Å². The number of ether oxygens (including phenoxy) is 2. The smallest absolute Gasteiger partial charge is 0.168 e. The van der Waals surface area contributed by atoms with Crippen LogP contribution in [-0.4, -0.2) is 24.2 Å². The lowest BCUT2D eigenvalue weighted by molar-refractivity contribution is 0.396. The first kappa shape index (κ1) is 14.9. The van der Waals surface area contributed by atoms with Gasteiger partial charge in [0.25, 0.3) is 0 Å². The maximum absolute atomic E-state index is 6.11. The number of nitrogen functional groups attached to an aromatic ring is 2. The van der Waals surface area contributed by atoms with Crippen molar-refractivity contribution in [3.05, 3.63) is 23.5 Å². The number of nitrogens with two attached hydrogens (primary N) is 2. The third kappa shape index (κ3) is 3.01. The second kappa shape index (κ2) is 6.33. The average molecular weight is 311 g/mol. The van der Waals surface area contributed by atoms with E-state index in [9.17, 15) is 0 Å². The van der Waals surface area contributed by atoms with Crippen LogP contribution in [0.4, 0.5) is 23.0 Å². The molecule has 0 saturated carbocycles. The molecule has 0 aliphatic rings. The van der Waals surface area contributed by atoms with Gasteiger partial charge in [0.05, 0.1) is 24.9 Å². The highest BCUT2D eigenvalue weighted by Crippen LogP contribution is 2.38. The Morgan fingerprint density at radius 1 is 1.10 bits per heavy atom. The fourth-order valence-corrected chi connectivity index (χ4v) is 1.94. The molecule has 0 saturated heterocycles. The molecule has 0 unspecified atom stereocenters. The molecular formula is C12H15ClN6O2. The Morgan fingerprint density at radius 3 is 2.38 bits per heavy atom. The molecule has 112 valence electrons. The molecule has 0 aliphatic heterocycles. The van der Waals surface area contributed by atoms with E-state index in [-0.39, 0.29) is 5.69 Å². The SMILES string of the molecule is COc1cc(OC)c(Nc2ncnc(NN)c2N)cc1Cl. The van der Waals surface area contributed by atoms with Crippen LogP contribution in [0.3, 0.4) is 0 Å². The molecule has 0 amide bonds. The van der Waals surface area contributed by atoms with E-state index in [1.165, 1.54) is 20.5 Å². The number of benzene rings is 1. The van der Waals surface area contributed by atoms with E-state index in [4.69, 9.17) is 32.7 Å². The Morgan fingerprint density at radius 2 is 1.76 bits per heavy atom. The molecule has 21 heavy (non-hydrogen) atoms. The third-order valence-corrected chi connectivity index (χ3v) is 3.04. The van der Waals surface area contributed by atoms with Gasteiger partial charge in [-0.2, -0.15) is 0 Å². The van der Waals surface area contributed by atoms with Crippen molar-refractivity contribution in [1.29, 1.82) is 0 Å². The van der Waals surface area contributed by atoms with Crippen molar-refractivity contribution < 1.29 is 9.47 Å². The molecule has 9 heteroatoms. The van der Waals surface area contributed by atoms with Gasteiger partial charge in [0.2, 0.25) is 0 Å². The first-order chi connectivity index (χ1) is 10.1. The summed E-state index contributed by atoms with van der Waals surface area (Å²) >= 11 is 6.11. The van der Waals surface area contributed by atoms with Crippen LogP contribution >= 0.6 is 11.6 Å². The summed E-state index contributed by atoms with van der Waals surface area (Å²) in [6.07, 6.45) is 1.32. The molecular weight excluding hydrogens is 296 g/mol. The highest BCUT2D eigenvalue weighted by molar-refractivity contribution is 6.32. The van der Waals surface area contributed by atoms with E-state index in [0.29, 0.717) is 33.8 Å². The van der Waals surface area contributed by atoms with E-state index in [1.807, 2.05) is 0 Å². The van der Waals surface area contributed by atoms with Gasteiger partial charge < -0.3 is 25.9 Å². The van der Waals surface area contributed by atoms with Crippen LogP contribution in [0.5, 0.6) is 11.5 Å². The van der Waals surface area contributed by atoms with E-state index in [0.717, 1.165) is 0 Å². The predicted octanol–water partition coefficient (Wildman–Crippen LogP) is 1.76. The van der Waals surface area contributed by atoms with Crippen LogP contribution in [-0.2, 0) is 0 Å². The van der Waals surface area contributed by atoms with E-state index < -0.39 is 0 Å². The molecule has 0 atom stereocenters. The van der Waals surface area contributed by atoms with Crippen molar-refractivity contribution in [3.63, 3.8) is 0 Å². The molecule has 0 bridgehead atoms. The number of halogens is 1. The lowest BCUT2D eigenvalue weighted by atomic mass is 10.2. The third-order valence-electron chi connectivity index (χ3n) is 2.75. The van der Waals surface area contributed by atoms with Crippen molar-refractivity contribution in [3.8, 4) is 11.5 Å². The van der Waals surface area contributed by atoms with Gasteiger partial charge in [-0.15, -0.1) is 0 Å². The maximum Gasteiger partial charge on any atom is 0.168 e. The van der Waals surface area contributed by atoms with Crippen molar-refractivity contribution in [2.24, 2.45) is 5.84 Å². The highest BCUT2D eigenvalue weighted by atomic mass is 35.5. The zero-order chi connectivity index (χ0) is 15.4. The van der Waals surface area contributed by atoms with Gasteiger partial charge in [-0.3, -0.25) is 0 Å². The van der Waals surface area contributed by atoms with E-state index in [2.05, 4.69) is 20.7 Å². The molecule has 8 nitrogen and oxygen atoms in total. The highest BCUT2D eigenvalue weighted by Gasteiger charge is 2.13. The standard InChI is InChI=1S/C12H15ClN6O2/c1-20-8-4-9(21-2)7(3-6(8)13)18-11-10(14)12(19-15)17-5-16-11/h3-5H,14-15H2,1-2H3,(H2,16,17,18,19). The number of methoxy groups -OCH3 is 2. The summed E-state index contributed by atoms with van der Waals surface area (Å²) < 4.78 is 10.4. The number of hydrogen-bond donors (Lipinski definition) is 4. The van der Waals surface area contributed by atoms with Gasteiger partial charge in [0.15, 0.2) is 11.6 Å². The van der Waals surface area contributed by atoms with Crippen molar-refractivity contribution in [2.45, 2.75) is 0 Å². The van der Waals surface area contributed by atoms with Crippen LogP contribution < -0.4 is 31.8 Å². The minimum absolute atomic E-state index is 0.272. The molecule has 1 aromatic heterocycles. The number of rotatable bonds is 5. The summed E-state index contributed by atoms with van der Waals surface area (Å²) in [4.78, 5) is 7.95. The summed E-state index contributed by atoms with van der Waals surface area (Å²) in [5, 5.41) is 3.44. The Hall–Kier alpha value is -2.45. The molecule has 0 fully saturated rings. The van der Waals surface area contributed by atoms with Gasteiger partial charge in [-0.05, 0) is 6.07 Å². The largest absolute Gasteiger partial charge is 0.495 e. The second-order valence-corrected chi connectivity index (χ2v) is 4.35. The van der Waals surface area contributed by atoms with Crippen molar-refractivity contribution >= 4 is 34.6 Å². The topological polar surface area (TPSA) is 120 Å². The minimum atomic E-state index is 0.272. The first-order valence-corrected chi connectivity index (χ1v) is 6.24. The molecule has 0 spiro atoms. The zero-order valence-corrected chi connectivity index (χ0v) is 12.2. The average Bonchev–Trinajstić information content (AvgIpc) is 2.49. The second-order valence-electron chi connectivity index (χ2n) is 3.94. The lowest BCUT2D eigenvalue weighted by Crippen LogP contribution is -2.12. The fraction of sp³-hybridized carbons (Fsp3) is 0.167. The fourth-order valence-electron chi connectivity index (χ4n) is 1.70. The number of nitrogens with zero attached hydrogens (tertiary/aromatic N) is 2. The Kier molecular flexibility index (Phi) is 4.51. The van der Waals surface area contributed by atoms with Gasteiger partial charge >= 0.3 is 0 Å². The van der Waals surface area contributed by atoms with Crippen LogP contribution in [0.1, 0.15) is 0 Å². The lowest BCUT2D eigenvalue weighted by Gasteiger charge is -2.15. The molecule has 6 N–H and O–H groups in total. The van der Waals surface area contributed by atoms with Gasteiger partial charge in [0.1, 0.15) is 23.5 Å². The van der Waals surface area contributed by atoms with Gasteiger partial charge in [-0.25, -0.2) is 15.8 Å². The number of aromatic nitrogens is 2. The summed E-state index contributed by atoms with van der Waals surface area (Å²) in [7, 11) is 3.05. The van der Waals surface area contributed by atoms with Crippen molar-refractivity contribution in [1.82, 2.24) is 9.97 Å². The van der Waals surface area contributed by atoms with Crippen LogP contribution in [0.15, 0.2) is 18.5 Å². The first-order valence-electron chi connectivity index (χ1n) is 5.86. The van der Waals surface area contributed by atoms with E-state index >= 15 is 0 Å². The molecule has 0 aliphatic carbocycles. The molecule has 0 radical (unpaired) electrons. The van der Waals surface area contributed by atoms with E-state index in [1.54, 1.807) is 12.1 Å². The molecule has 2 rings (SSSR count). The Bertz CT molecular complexity index is 652. The number of nitrogens with one attached hydrogen (secondary N) is 2. The quantitative estimate of drug-likeness (QED) is 0.487. The molecule has 1 heterocycles. The summed E-state index contributed by atoms with van der Waals surface area (Å²) in [5.41, 5.74) is 9.14. The zero-order valence-electron chi connectivity index (χ0n) is 11.5.